The summed E-state index contributed by atoms with van der Waals surface area (Å²) in [5.74, 6) is 1.77. The Hall–Kier alpha value is -1.61. The zero-order valence-electron chi connectivity index (χ0n) is 13.0. The van der Waals surface area contributed by atoms with Gasteiger partial charge in [-0.25, -0.2) is 4.98 Å². The number of imidazole rings is 1. The summed E-state index contributed by atoms with van der Waals surface area (Å²) >= 11 is 0. The number of hydrogen-bond donors (Lipinski definition) is 1. The molecule has 0 unspecified atom stereocenters. The third kappa shape index (κ3) is 3.94. The normalized spacial score (nSPS) is 11.2. The summed E-state index contributed by atoms with van der Waals surface area (Å²) in [7, 11) is 0. The molecule has 0 saturated heterocycles. The highest BCUT2D eigenvalue weighted by atomic mass is 15.1. The van der Waals surface area contributed by atoms with Crippen molar-refractivity contribution in [3.63, 3.8) is 0 Å². The minimum atomic E-state index is 0.665. The third-order valence-electron chi connectivity index (χ3n) is 3.56. The van der Waals surface area contributed by atoms with Crippen molar-refractivity contribution in [1.82, 2.24) is 14.9 Å². The van der Waals surface area contributed by atoms with Crippen LogP contribution >= 0.6 is 0 Å². The lowest BCUT2D eigenvalue weighted by Crippen LogP contribution is -2.21. The highest BCUT2D eigenvalue weighted by Crippen LogP contribution is 2.12. The van der Waals surface area contributed by atoms with E-state index in [1.807, 2.05) is 6.20 Å². The molecule has 108 valence electrons. The van der Waals surface area contributed by atoms with E-state index in [4.69, 9.17) is 0 Å². The first-order valence-corrected chi connectivity index (χ1v) is 7.33. The lowest BCUT2D eigenvalue weighted by Gasteiger charge is -2.11. The van der Waals surface area contributed by atoms with E-state index >= 15 is 0 Å². The predicted octanol–water partition coefficient (Wildman–Crippen LogP) is 3.29. The Bertz CT molecular complexity index is 555. The topological polar surface area (TPSA) is 29.9 Å². The number of nitrogens with one attached hydrogen (secondary N) is 1. The summed E-state index contributed by atoms with van der Waals surface area (Å²) in [6.07, 6.45) is 3.94. The molecule has 0 spiro atoms. The van der Waals surface area contributed by atoms with Crippen molar-refractivity contribution in [2.45, 2.75) is 40.8 Å². The summed E-state index contributed by atoms with van der Waals surface area (Å²) in [6.45, 7) is 11.5. The fourth-order valence-electron chi connectivity index (χ4n) is 2.22. The second kappa shape index (κ2) is 6.71. The van der Waals surface area contributed by atoms with Gasteiger partial charge < -0.3 is 9.88 Å². The van der Waals surface area contributed by atoms with Gasteiger partial charge >= 0.3 is 0 Å². The fraction of sp³-hybridized carbons (Fsp3) is 0.471. The summed E-state index contributed by atoms with van der Waals surface area (Å²) in [5.41, 5.74) is 4.02. The maximum atomic E-state index is 4.45. The van der Waals surface area contributed by atoms with Crippen molar-refractivity contribution in [1.29, 1.82) is 0 Å². The van der Waals surface area contributed by atoms with E-state index in [1.165, 1.54) is 16.7 Å². The van der Waals surface area contributed by atoms with Crippen LogP contribution in [-0.4, -0.2) is 16.1 Å². The maximum absolute atomic E-state index is 4.45. The smallest absolute Gasteiger partial charge is 0.122 e. The number of hydrogen-bond acceptors (Lipinski definition) is 2. The van der Waals surface area contributed by atoms with Gasteiger partial charge in [-0.15, -0.1) is 0 Å². The minimum absolute atomic E-state index is 0.665. The van der Waals surface area contributed by atoms with Gasteiger partial charge in [-0.2, -0.15) is 0 Å². The summed E-state index contributed by atoms with van der Waals surface area (Å²) in [6, 6.07) is 6.66. The van der Waals surface area contributed by atoms with Crippen molar-refractivity contribution in [3.05, 3.63) is 53.1 Å². The second-order valence-electron chi connectivity index (χ2n) is 5.91. The zero-order chi connectivity index (χ0) is 14.5. The van der Waals surface area contributed by atoms with Gasteiger partial charge in [0.1, 0.15) is 5.82 Å². The number of benzene rings is 1. The first-order chi connectivity index (χ1) is 9.56. The minimum Gasteiger partial charge on any atom is -0.329 e. The molecule has 0 aliphatic heterocycles. The molecule has 0 amide bonds. The van der Waals surface area contributed by atoms with Crippen molar-refractivity contribution in [3.8, 4) is 0 Å². The molecule has 1 heterocycles. The van der Waals surface area contributed by atoms with Crippen LogP contribution in [0, 0.1) is 19.8 Å². The highest BCUT2D eigenvalue weighted by Gasteiger charge is 2.04. The molecule has 2 rings (SSSR count). The molecule has 0 atom stereocenters. The van der Waals surface area contributed by atoms with E-state index in [0.717, 1.165) is 25.5 Å². The molecule has 2 aromatic rings. The summed E-state index contributed by atoms with van der Waals surface area (Å²) in [4.78, 5) is 4.45. The van der Waals surface area contributed by atoms with Gasteiger partial charge in [0.15, 0.2) is 0 Å². The van der Waals surface area contributed by atoms with Crippen LogP contribution < -0.4 is 5.32 Å². The highest BCUT2D eigenvalue weighted by molar-refractivity contribution is 5.30. The molecule has 1 aromatic heterocycles. The van der Waals surface area contributed by atoms with Crippen LogP contribution in [0.4, 0.5) is 0 Å². The van der Waals surface area contributed by atoms with Crippen molar-refractivity contribution < 1.29 is 0 Å². The monoisotopic (exact) mass is 271 g/mol. The van der Waals surface area contributed by atoms with Crippen molar-refractivity contribution in [2.24, 2.45) is 5.92 Å². The number of rotatable bonds is 6. The number of nitrogens with zero attached hydrogens (tertiary/aromatic N) is 2. The van der Waals surface area contributed by atoms with Crippen molar-refractivity contribution >= 4 is 0 Å². The predicted molar refractivity (Wildman–Crippen MR) is 83.8 cm³/mol. The van der Waals surface area contributed by atoms with E-state index in [2.05, 4.69) is 67.0 Å². The molecular weight excluding hydrogens is 246 g/mol. The fourth-order valence-corrected chi connectivity index (χ4v) is 2.22. The summed E-state index contributed by atoms with van der Waals surface area (Å²) in [5, 5.41) is 3.45. The van der Waals surface area contributed by atoms with E-state index in [-0.39, 0.29) is 0 Å². The molecule has 1 N–H and O–H groups in total. The molecule has 3 nitrogen and oxygen atoms in total. The van der Waals surface area contributed by atoms with Gasteiger partial charge in [-0.05, 0) is 43.0 Å². The van der Waals surface area contributed by atoms with Crippen LogP contribution in [0.3, 0.4) is 0 Å². The molecule has 0 radical (unpaired) electrons. The Kier molecular flexibility index (Phi) is 4.96. The molecule has 0 aliphatic carbocycles. The molecule has 20 heavy (non-hydrogen) atoms. The van der Waals surface area contributed by atoms with Crippen LogP contribution in [-0.2, 0) is 13.1 Å². The van der Waals surface area contributed by atoms with Gasteiger partial charge in [-0.3, -0.25) is 0 Å². The molecular formula is C17H25N3. The Labute approximate surface area is 122 Å². The third-order valence-corrected chi connectivity index (χ3v) is 3.56. The van der Waals surface area contributed by atoms with Gasteiger partial charge in [0.2, 0.25) is 0 Å². The molecule has 1 aromatic carbocycles. The lowest BCUT2D eigenvalue weighted by molar-refractivity contribution is 0.533. The molecule has 0 bridgehead atoms. The van der Waals surface area contributed by atoms with Gasteiger partial charge in [0.05, 0.1) is 6.54 Å². The van der Waals surface area contributed by atoms with Crippen molar-refractivity contribution in [2.75, 3.05) is 6.54 Å². The first kappa shape index (κ1) is 14.8. The van der Waals surface area contributed by atoms with Gasteiger partial charge in [0, 0.05) is 18.9 Å². The molecule has 0 aliphatic rings. The SMILES string of the molecule is Cc1ccc(Cn2ccnc2CNCC(C)C)cc1C. The Morgan fingerprint density at radius 1 is 1.20 bits per heavy atom. The quantitative estimate of drug-likeness (QED) is 0.873. The average Bonchev–Trinajstić information content (AvgIpc) is 2.81. The maximum Gasteiger partial charge on any atom is 0.122 e. The number of aromatic nitrogens is 2. The average molecular weight is 271 g/mol. The lowest BCUT2D eigenvalue weighted by atomic mass is 10.1. The van der Waals surface area contributed by atoms with E-state index in [9.17, 15) is 0 Å². The van der Waals surface area contributed by atoms with Crippen LogP contribution in [0.5, 0.6) is 0 Å². The first-order valence-electron chi connectivity index (χ1n) is 7.33. The Morgan fingerprint density at radius 3 is 2.70 bits per heavy atom. The molecule has 0 fully saturated rings. The van der Waals surface area contributed by atoms with Crippen LogP contribution in [0.25, 0.3) is 0 Å². The Morgan fingerprint density at radius 2 is 2.00 bits per heavy atom. The summed E-state index contributed by atoms with van der Waals surface area (Å²) < 4.78 is 2.22. The van der Waals surface area contributed by atoms with E-state index in [0.29, 0.717) is 5.92 Å². The molecule has 3 heteroatoms. The Balaban J connectivity index is 2.02. The van der Waals surface area contributed by atoms with Gasteiger partial charge in [-0.1, -0.05) is 32.0 Å². The number of aryl methyl sites for hydroxylation is 2. The zero-order valence-corrected chi connectivity index (χ0v) is 13.0. The second-order valence-corrected chi connectivity index (χ2v) is 5.91. The van der Waals surface area contributed by atoms with E-state index in [1.54, 1.807) is 0 Å². The van der Waals surface area contributed by atoms with Crippen LogP contribution in [0.15, 0.2) is 30.6 Å². The standard InChI is InChI=1S/C17H25N3/c1-13(2)10-18-11-17-19-7-8-20(17)12-16-6-5-14(3)15(4)9-16/h5-9,13,18H,10-12H2,1-4H3. The van der Waals surface area contributed by atoms with Crippen LogP contribution in [0.2, 0.25) is 0 Å². The van der Waals surface area contributed by atoms with Crippen LogP contribution in [0.1, 0.15) is 36.4 Å². The molecule has 0 saturated carbocycles. The van der Waals surface area contributed by atoms with Gasteiger partial charge in [0.25, 0.3) is 0 Å². The largest absolute Gasteiger partial charge is 0.329 e. The van der Waals surface area contributed by atoms with E-state index < -0.39 is 0 Å².